The van der Waals surface area contributed by atoms with E-state index in [4.69, 9.17) is 11.6 Å². The average Bonchev–Trinajstić information content (AvgIpc) is 3.04. The molecule has 1 heterocycles. The second kappa shape index (κ2) is 5.60. The largest absolute Gasteiger partial charge is 0.388 e. The van der Waals surface area contributed by atoms with Crippen molar-refractivity contribution in [2.45, 2.75) is 38.8 Å². The van der Waals surface area contributed by atoms with Crippen molar-refractivity contribution in [1.82, 2.24) is 14.8 Å². The van der Waals surface area contributed by atoms with E-state index in [2.05, 4.69) is 30.4 Å². The quantitative estimate of drug-likeness (QED) is 0.880. The van der Waals surface area contributed by atoms with Gasteiger partial charge in [-0.2, -0.15) is 29.2 Å². The summed E-state index contributed by atoms with van der Waals surface area (Å²) in [5.41, 5.74) is 0.0662. The molecule has 1 saturated carbocycles. The molecule has 0 amide bonds. The molecule has 0 saturated heterocycles. The summed E-state index contributed by atoms with van der Waals surface area (Å²) >= 11 is 5.94. The lowest BCUT2D eigenvalue weighted by molar-refractivity contribution is -0.0822. The molecule has 1 fully saturated rings. The van der Waals surface area contributed by atoms with Crippen molar-refractivity contribution in [3.63, 3.8) is 0 Å². The van der Waals surface area contributed by atoms with Crippen LogP contribution < -0.4 is 0 Å². The number of hydrogen-bond donors (Lipinski definition) is 1. The molecule has 0 bridgehead atoms. The molecule has 5 heteroatoms. The van der Waals surface area contributed by atoms with Crippen LogP contribution in [0.15, 0.2) is 36.9 Å². The monoisotopic (exact) mass is 318 g/mol. The number of nitrogens with zero attached hydrogens (tertiary/aromatic N) is 3. The minimum atomic E-state index is -0.847. The van der Waals surface area contributed by atoms with Crippen molar-refractivity contribution >= 4 is 11.6 Å². The van der Waals surface area contributed by atoms with Crippen molar-refractivity contribution in [2.75, 3.05) is 0 Å². The SMILES string of the molecule is CC1(C)CCC([CH-]c2ccc(Cl)cc2)C1(O)Cn1cncn1. The zero-order valence-corrected chi connectivity index (χ0v) is 13.7. The number of hydrogen-bond acceptors (Lipinski definition) is 3. The Morgan fingerprint density at radius 3 is 2.73 bits per heavy atom. The Hall–Kier alpha value is -1.52. The molecule has 1 aliphatic rings. The normalized spacial score (nSPS) is 27.0. The van der Waals surface area contributed by atoms with Crippen molar-refractivity contribution in [1.29, 1.82) is 0 Å². The van der Waals surface area contributed by atoms with Crippen molar-refractivity contribution in [3.8, 4) is 0 Å². The maximum absolute atomic E-state index is 11.4. The van der Waals surface area contributed by atoms with E-state index in [9.17, 15) is 5.11 Å². The summed E-state index contributed by atoms with van der Waals surface area (Å²) in [7, 11) is 0. The molecule has 118 valence electrons. The van der Waals surface area contributed by atoms with Gasteiger partial charge in [0.05, 0.1) is 12.1 Å². The minimum Gasteiger partial charge on any atom is -0.388 e. The third kappa shape index (κ3) is 2.73. The summed E-state index contributed by atoms with van der Waals surface area (Å²) < 4.78 is 1.72. The maximum Gasteiger partial charge on any atom is 0.137 e. The predicted octanol–water partition coefficient (Wildman–Crippen LogP) is 3.35. The fourth-order valence-corrected chi connectivity index (χ4v) is 3.52. The standard InChI is InChI=1S/C17H21ClN3O/c1-16(2)8-7-14(9-13-3-5-15(18)6-4-13)17(16,22)10-21-12-19-11-20-21/h3-6,9,11-12,14,22H,7-8,10H2,1-2H3/q-1. The van der Waals surface area contributed by atoms with Gasteiger partial charge in [-0.25, -0.2) is 4.98 Å². The Morgan fingerprint density at radius 2 is 2.09 bits per heavy atom. The van der Waals surface area contributed by atoms with Crippen LogP contribution in [-0.4, -0.2) is 25.5 Å². The van der Waals surface area contributed by atoms with Crippen LogP contribution in [0.3, 0.4) is 0 Å². The zero-order chi connectivity index (χ0) is 15.8. The van der Waals surface area contributed by atoms with E-state index in [-0.39, 0.29) is 11.3 Å². The maximum atomic E-state index is 11.4. The summed E-state index contributed by atoms with van der Waals surface area (Å²) in [5.74, 6) is 0.0767. The first kappa shape index (κ1) is 15.4. The van der Waals surface area contributed by atoms with Crippen LogP contribution in [0.2, 0.25) is 5.02 Å². The van der Waals surface area contributed by atoms with Crippen molar-refractivity contribution < 1.29 is 5.11 Å². The number of aromatic nitrogens is 3. The Labute approximate surface area is 136 Å². The molecule has 0 spiro atoms. The molecule has 0 radical (unpaired) electrons. The van der Waals surface area contributed by atoms with Gasteiger partial charge >= 0.3 is 0 Å². The molecule has 1 aromatic heterocycles. The average molecular weight is 319 g/mol. The number of halogens is 1. The minimum absolute atomic E-state index is 0.0767. The van der Waals surface area contributed by atoms with Crippen LogP contribution in [0.4, 0.5) is 0 Å². The first-order valence-corrected chi connectivity index (χ1v) is 7.94. The van der Waals surface area contributed by atoms with E-state index in [0.29, 0.717) is 6.54 Å². The van der Waals surface area contributed by atoms with Crippen molar-refractivity contribution in [3.05, 3.63) is 53.9 Å². The topological polar surface area (TPSA) is 50.9 Å². The summed E-state index contributed by atoms with van der Waals surface area (Å²) in [6.45, 7) is 4.70. The van der Waals surface area contributed by atoms with Crippen LogP contribution in [-0.2, 0) is 6.54 Å². The molecule has 2 atom stereocenters. The Bertz CT molecular complexity index is 624. The van der Waals surface area contributed by atoms with Crippen LogP contribution in [0.5, 0.6) is 0 Å². The number of aliphatic hydroxyl groups is 1. The molecule has 2 aromatic rings. The van der Waals surface area contributed by atoms with Gasteiger partial charge in [-0.05, 0) is 17.8 Å². The van der Waals surface area contributed by atoms with E-state index >= 15 is 0 Å². The lowest BCUT2D eigenvalue weighted by Gasteiger charge is -2.42. The molecule has 22 heavy (non-hydrogen) atoms. The van der Waals surface area contributed by atoms with Crippen LogP contribution in [0, 0.1) is 17.8 Å². The van der Waals surface area contributed by atoms with Gasteiger partial charge in [0, 0.05) is 5.02 Å². The van der Waals surface area contributed by atoms with Gasteiger partial charge in [0.25, 0.3) is 0 Å². The Kier molecular flexibility index (Phi) is 3.91. The van der Waals surface area contributed by atoms with Gasteiger partial charge in [-0.1, -0.05) is 44.0 Å². The Balaban J connectivity index is 1.84. The van der Waals surface area contributed by atoms with Gasteiger partial charge in [-0.15, -0.1) is 0 Å². The molecule has 1 aliphatic carbocycles. The smallest absolute Gasteiger partial charge is 0.137 e. The highest BCUT2D eigenvalue weighted by Gasteiger charge is 2.52. The highest BCUT2D eigenvalue weighted by molar-refractivity contribution is 6.30. The first-order valence-electron chi connectivity index (χ1n) is 7.56. The molecule has 0 aliphatic heterocycles. The van der Waals surface area contributed by atoms with Gasteiger partial charge in [-0.3, -0.25) is 4.68 Å². The summed E-state index contributed by atoms with van der Waals surface area (Å²) in [5, 5.41) is 16.3. The summed E-state index contributed by atoms with van der Waals surface area (Å²) in [4.78, 5) is 3.98. The molecule has 3 rings (SSSR count). The van der Waals surface area contributed by atoms with E-state index in [1.54, 1.807) is 11.0 Å². The Morgan fingerprint density at radius 1 is 1.36 bits per heavy atom. The fraction of sp³-hybridized carbons (Fsp3) is 0.471. The second-order valence-corrected chi connectivity index (χ2v) is 7.20. The van der Waals surface area contributed by atoms with E-state index in [1.807, 2.05) is 24.3 Å². The number of rotatable bonds is 4. The van der Waals surface area contributed by atoms with Crippen molar-refractivity contribution in [2.24, 2.45) is 11.3 Å². The second-order valence-electron chi connectivity index (χ2n) is 6.76. The van der Waals surface area contributed by atoms with E-state index < -0.39 is 5.60 Å². The molecular weight excluding hydrogens is 298 g/mol. The number of benzene rings is 1. The summed E-state index contributed by atoms with van der Waals surface area (Å²) in [6, 6.07) is 7.74. The molecule has 4 nitrogen and oxygen atoms in total. The molecule has 1 aromatic carbocycles. The third-order valence-electron chi connectivity index (χ3n) is 5.00. The van der Waals surface area contributed by atoms with E-state index in [1.165, 1.54) is 6.33 Å². The zero-order valence-electron chi connectivity index (χ0n) is 12.9. The highest BCUT2D eigenvalue weighted by atomic mass is 35.5. The fourth-order valence-electron chi connectivity index (χ4n) is 3.39. The lowest BCUT2D eigenvalue weighted by atomic mass is 9.72. The highest BCUT2D eigenvalue weighted by Crippen LogP contribution is 2.52. The van der Waals surface area contributed by atoms with Crippen LogP contribution >= 0.6 is 11.6 Å². The summed E-state index contributed by atoms with van der Waals surface area (Å²) in [6.07, 6.45) is 7.25. The van der Waals surface area contributed by atoms with Gasteiger partial charge in [0.15, 0.2) is 0 Å². The van der Waals surface area contributed by atoms with Crippen LogP contribution in [0.1, 0.15) is 32.3 Å². The predicted molar refractivity (Wildman–Crippen MR) is 86.3 cm³/mol. The van der Waals surface area contributed by atoms with E-state index in [0.717, 1.165) is 23.4 Å². The first-order chi connectivity index (χ1) is 10.4. The van der Waals surface area contributed by atoms with Gasteiger partial charge in [0.1, 0.15) is 12.7 Å². The molecule has 2 unspecified atom stereocenters. The third-order valence-corrected chi connectivity index (χ3v) is 5.25. The molecule has 1 N–H and O–H groups in total. The van der Waals surface area contributed by atoms with Gasteiger partial charge < -0.3 is 5.11 Å². The molecular formula is C17H21ClN3O-. The lowest BCUT2D eigenvalue weighted by Crippen LogP contribution is -2.49. The van der Waals surface area contributed by atoms with Gasteiger partial charge in [0.2, 0.25) is 0 Å². The van der Waals surface area contributed by atoms with Crippen LogP contribution in [0.25, 0.3) is 0 Å².